The third-order valence-electron chi connectivity index (χ3n) is 4.36. The smallest absolute Gasteiger partial charge is 0.0641 e. The fourth-order valence-electron chi connectivity index (χ4n) is 3.27. The second-order valence-electron chi connectivity index (χ2n) is 6.74. The van der Waals surface area contributed by atoms with Gasteiger partial charge in [0.2, 0.25) is 0 Å². The van der Waals surface area contributed by atoms with Crippen molar-refractivity contribution in [3.8, 4) is 0 Å². The summed E-state index contributed by atoms with van der Waals surface area (Å²) < 4.78 is 11.7. The van der Waals surface area contributed by atoms with Gasteiger partial charge in [0.1, 0.15) is 0 Å². The lowest BCUT2D eigenvalue weighted by Crippen LogP contribution is -2.44. The molecule has 0 bridgehead atoms. The summed E-state index contributed by atoms with van der Waals surface area (Å²) in [5.41, 5.74) is 0.0501. The fraction of sp³-hybridized carbons (Fsp3) is 1.00. The van der Waals surface area contributed by atoms with E-state index in [2.05, 4.69) is 19.2 Å². The SMILES string of the molecule is CC1(C)CC(NCCCOC2CCCCC2)CCO1. The van der Waals surface area contributed by atoms with Crippen LogP contribution in [-0.2, 0) is 9.47 Å². The lowest BCUT2D eigenvalue weighted by Gasteiger charge is -2.36. The Morgan fingerprint density at radius 1 is 1.16 bits per heavy atom. The molecule has 0 aromatic heterocycles. The van der Waals surface area contributed by atoms with E-state index in [4.69, 9.17) is 9.47 Å². The van der Waals surface area contributed by atoms with Gasteiger partial charge in [0, 0.05) is 19.3 Å². The maximum absolute atomic E-state index is 5.95. The van der Waals surface area contributed by atoms with Crippen LogP contribution in [0.1, 0.15) is 65.2 Å². The summed E-state index contributed by atoms with van der Waals surface area (Å²) in [4.78, 5) is 0. The highest BCUT2D eigenvalue weighted by atomic mass is 16.5. The summed E-state index contributed by atoms with van der Waals surface area (Å²) in [5, 5.41) is 3.65. The molecule has 1 N–H and O–H groups in total. The Labute approximate surface area is 118 Å². The van der Waals surface area contributed by atoms with Gasteiger partial charge in [-0.1, -0.05) is 19.3 Å². The van der Waals surface area contributed by atoms with Gasteiger partial charge in [0.15, 0.2) is 0 Å². The maximum Gasteiger partial charge on any atom is 0.0641 e. The fourth-order valence-corrected chi connectivity index (χ4v) is 3.27. The topological polar surface area (TPSA) is 30.5 Å². The molecule has 1 aliphatic heterocycles. The Morgan fingerprint density at radius 2 is 1.95 bits per heavy atom. The Hall–Kier alpha value is -0.120. The molecule has 1 unspecified atom stereocenters. The first-order chi connectivity index (χ1) is 9.16. The molecule has 2 aliphatic rings. The van der Waals surface area contributed by atoms with Crippen molar-refractivity contribution in [3.63, 3.8) is 0 Å². The first-order valence-corrected chi connectivity index (χ1v) is 8.15. The molecule has 1 saturated heterocycles. The highest BCUT2D eigenvalue weighted by molar-refractivity contribution is 4.82. The van der Waals surface area contributed by atoms with Crippen LogP contribution in [0.3, 0.4) is 0 Å². The van der Waals surface area contributed by atoms with Crippen LogP contribution in [0.15, 0.2) is 0 Å². The van der Waals surface area contributed by atoms with Crippen LogP contribution < -0.4 is 5.32 Å². The second-order valence-corrected chi connectivity index (χ2v) is 6.74. The minimum Gasteiger partial charge on any atom is -0.378 e. The van der Waals surface area contributed by atoms with Gasteiger partial charge in [-0.05, 0) is 52.5 Å². The van der Waals surface area contributed by atoms with E-state index in [1.54, 1.807) is 0 Å². The minimum atomic E-state index is 0.0501. The molecule has 3 nitrogen and oxygen atoms in total. The Bertz CT molecular complexity index is 249. The number of hydrogen-bond donors (Lipinski definition) is 1. The summed E-state index contributed by atoms with van der Waals surface area (Å²) in [7, 11) is 0. The lowest BCUT2D eigenvalue weighted by molar-refractivity contribution is -0.0630. The van der Waals surface area contributed by atoms with Gasteiger partial charge in [-0.15, -0.1) is 0 Å². The zero-order valence-corrected chi connectivity index (χ0v) is 12.7. The maximum atomic E-state index is 5.95. The average molecular weight is 269 g/mol. The summed E-state index contributed by atoms with van der Waals surface area (Å²) >= 11 is 0. The molecule has 0 aromatic carbocycles. The lowest BCUT2D eigenvalue weighted by atomic mass is 9.94. The molecule has 0 spiro atoms. The first kappa shape index (κ1) is 15.3. The Morgan fingerprint density at radius 3 is 2.68 bits per heavy atom. The van der Waals surface area contributed by atoms with Crippen LogP contribution in [0.4, 0.5) is 0 Å². The summed E-state index contributed by atoms with van der Waals surface area (Å²) in [6.45, 7) is 7.26. The predicted octanol–water partition coefficient (Wildman–Crippen LogP) is 3.27. The summed E-state index contributed by atoms with van der Waals surface area (Å²) in [6, 6.07) is 0.624. The van der Waals surface area contributed by atoms with Crippen LogP contribution >= 0.6 is 0 Å². The minimum absolute atomic E-state index is 0.0501. The quantitative estimate of drug-likeness (QED) is 0.751. The van der Waals surface area contributed by atoms with Crippen molar-refractivity contribution in [3.05, 3.63) is 0 Å². The number of nitrogens with one attached hydrogen (secondary N) is 1. The van der Waals surface area contributed by atoms with Crippen molar-refractivity contribution >= 4 is 0 Å². The van der Waals surface area contributed by atoms with Crippen molar-refractivity contribution in [2.24, 2.45) is 0 Å². The standard InChI is InChI=1S/C16H31NO2/c1-16(2)13-14(9-12-19-16)17-10-6-11-18-15-7-4-3-5-8-15/h14-15,17H,3-13H2,1-2H3. The van der Waals surface area contributed by atoms with Gasteiger partial charge >= 0.3 is 0 Å². The van der Waals surface area contributed by atoms with Crippen LogP contribution in [0.25, 0.3) is 0 Å². The van der Waals surface area contributed by atoms with E-state index in [0.717, 1.165) is 39.0 Å². The van der Waals surface area contributed by atoms with E-state index in [-0.39, 0.29) is 5.60 Å². The molecular weight excluding hydrogens is 238 g/mol. The van der Waals surface area contributed by atoms with E-state index in [9.17, 15) is 0 Å². The summed E-state index contributed by atoms with van der Waals surface area (Å²) in [5.74, 6) is 0. The van der Waals surface area contributed by atoms with E-state index >= 15 is 0 Å². The van der Waals surface area contributed by atoms with Crippen LogP contribution in [0.2, 0.25) is 0 Å². The monoisotopic (exact) mass is 269 g/mol. The van der Waals surface area contributed by atoms with Crippen LogP contribution in [-0.4, -0.2) is 37.5 Å². The molecule has 0 aromatic rings. The van der Waals surface area contributed by atoms with Gasteiger partial charge in [-0.3, -0.25) is 0 Å². The molecule has 2 rings (SSSR count). The zero-order valence-electron chi connectivity index (χ0n) is 12.7. The van der Waals surface area contributed by atoms with Crippen LogP contribution in [0.5, 0.6) is 0 Å². The molecular formula is C16H31NO2. The molecule has 19 heavy (non-hydrogen) atoms. The Balaban J connectivity index is 1.49. The number of ether oxygens (including phenoxy) is 2. The molecule has 0 amide bonds. The van der Waals surface area contributed by atoms with Crippen molar-refractivity contribution in [1.29, 1.82) is 0 Å². The molecule has 112 valence electrons. The van der Waals surface area contributed by atoms with Gasteiger partial charge < -0.3 is 14.8 Å². The molecule has 1 heterocycles. The van der Waals surface area contributed by atoms with Gasteiger partial charge in [0.25, 0.3) is 0 Å². The first-order valence-electron chi connectivity index (χ1n) is 8.15. The second kappa shape index (κ2) is 7.61. The molecule has 1 saturated carbocycles. The normalized spacial score (nSPS) is 28.4. The van der Waals surface area contributed by atoms with Crippen molar-refractivity contribution in [2.75, 3.05) is 19.8 Å². The van der Waals surface area contributed by atoms with E-state index < -0.39 is 0 Å². The molecule has 1 atom stereocenters. The van der Waals surface area contributed by atoms with Crippen molar-refractivity contribution in [2.45, 2.75) is 83.0 Å². The van der Waals surface area contributed by atoms with Crippen molar-refractivity contribution < 1.29 is 9.47 Å². The van der Waals surface area contributed by atoms with Gasteiger partial charge in [-0.25, -0.2) is 0 Å². The molecule has 2 fully saturated rings. The van der Waals surface area contributed by atoms with E-state index in [0.29, 0.717) is 12.1 Å². The highest BCUT2D eigenvalue weighted by Crippen LogP contribution is 2.24. The van der Waals surface area contributed by atoms with Gasteiger partial charge in [-0.2, -0.15) is 0 Å². The third kappa shape index (κ3) is 5.80. The largest absolute Gasteiger partial charge is 0.378 e. The highest BCUT2D eigenvalue weighted by Gasteiger charge is 2.28. The van der Waals surface area contributed by atoms with Crippen LogP contribution in [0, 0.1) is 0 Å². The van der Waals surface area contributed by atoms with E-state index in [1.807, 2.05) is 0 Å². The average Bonchev–Trinajstić information content (AvgIpc) is 2.38. The zero-order chi connectivity index (χ0) is 13.6. The summed E-state index contributed by atoms with van der Waals surface area (Å²) in [6.07, 6.45) is 10.6. The molecule has 1 aliphatic carbocycles. The predicted molar refractivity (Wildman–Crippen MR) is 78.5 cm³/mol. The number of hydrogen-bond acceptors (Lipinski definition) is 3. The number of rotatable bonds is 6. The van der Waals surface area contributed by atoms with Crippen molar-refractivity contribution in [1.82, 2.24) is 5.32 Å². The Kier molecular flexibility index (Phi) is 6.11. The third-order valence-corrected chi connectivity index (χ3v) is 4.36. The van der Waals surface area contributed by atoms with E-state index in [1.165, 1.54) is 32.1 Å². The molecule has 3 heteroatoms. The van der Waals surface area contributed by atoms with Gasteiger partial charge in [0.05, 0.1) is 11.7 Å². The molecule has 0 radical (unpaired) electrons.